The highest BCUT2D eigenvalue weighted by atomic mass is 16.2. The molecule has 0 saturated heterocycles. The number of carbonyl (C=O) groups excluding carboxylic acids is 2. The van der Waals surface area contributed by atoms with E-state index in [9.17, 15) is 9.59 Å². The van der Waals surface area contributed by atoms with Gasteiger partial charge in [0.15, 0.2) is 0 Å². The molecular formula is C18H18N2O2. The molecular weight excluding hydrogens is 276 g/mol. The zero-order valence-corrected chi connectivity index (χ0v) is 12.5. The third-order valence-corrected chi connectivity index (χ3v) is 4.00. The van der Waals surface area contributed by atoms with Crippen LogP contribution in [0, 0.1) is 0 Å². The topological polar surface area (TPSA) is 49.4 Å². The van der Waals surface area contributed by atoms with Crippen molar-refractivity contribution in [2.45, 2.75) is 19.4 Å². The first-order valence-electron chi connectivity index (χ1n) is 7.42. The van der Waals surface area contributed by atoms with Crippen LogP contribution >= 0.6 is 0 Å². The largest absolute Gasteiger partial charge is 0.337 e. The molecule has 4 heteroatoms. The number of urea groups is 1. The van der Waals surface area contributed by atoms with Gasteiger partial charge < -0.3 is 5.32 Å². The normalized spacial score (nSPS) is 16.5. The van der Waals surface area contributed by atoms with Gasteiger partial charge in [-0.05, 0) is 30.5 Å². The van der Waals surface area contributed by atoms with E-state index in [1.165, 1.54) is 4.90 Å². The Kier molecular flexibility index (Phi) is 3.92. The maximum absolute atomic E-state index is 12.3. The monoisotopic (exact) mass is 294 g/mol. The first-order valence-corrected chi connectivity index (χ1v) is 7.42. The Hall–Kier alpha value is -2.62. The number of imide groups is 1. The second-order valence-electron chi connectivity index (χ2n) is 5.41. The summed E-state index contributed by atoms with van der Waals surface area (Å²) < 4.78 is 0. The molecule has 3 amide bonds. The van der Waals surface area contributed by atoms with Crippen molar-refractivity contribution < 1.29 is 9.59 Å². The van der Waals surface area contributed by atoms with Crippen LogP contribution in [0.5, 0.6) is 0 Å². The number of fused-ring (bicyclic) bond motifs is 1. The predicted octanol–water partition coefficient (Wildman–Crippen LogP) is 3.16. The van der Waals surface area contributed by atoms with E-state index in [1.807, 2.05) is 55.5 Å². The number of nitrogens with one attached hydrogen (secondary N) is 1. The summed E-state index contributed by atoms with van der Waals surface area (Å²) in [5.74, 6) is -0.222. The Morgan fingerprint density at radius 2 is 1.77 bits per heavy atom. The molecule has 3 rings (SSSR count). The summed E-state index contributed by atoms with van der Waals surface area (Å²) in [5, 5.41) is 2.83. The minimum atomic E-state index is -0.329. The van der Waals surface area contributed by atoms with Gasteiger partial charge in [0.2, 0.25) is 0 Å². The van der Waals surface area contributed by atoms with Gasteiger partial charge in [0.1, 0.15) is 0 Å². The average molecular weight is 294 g/mol. The van der Waals surface area contributed by atoms with Crippen LogP contribution in [-0.4, -0.2) is 23.4 Å². The third-order valence-electron chi connectivity index (χ3n) is 4.00. The SMILES string of the molecule is CC1c2ccccc2C(=O)N1C(=O)NCCc1ccccc1. The Balaban J connectivity index is 1.63. The molecule has 0 bridgehead atoms. The summed E-state index contributed by atoms with van der Waals surface area (Å²) in [5.41, 5.74) is 2.69. The summed E-state index contributed by atoms with van der Waals surface area (Å²) in [6.07, 6.45) is 0.746. The van der Waals surface area contributed by atoms with E-state index in [0.29, 0.717) is 12.1 Å². The molecule has 0 radical (unpaired) electrons. The first-order chi connectivity index (χ1) is 10.7. The van der Waals surface area contributed by atoms with Crippen molar-refractivity contribution >= 4 is 11.9 Å². The summed E-state index contributed by atoms with van der Waals surface area (Å²) in [7, 11) is 0. The number of hydrogen-bond acceptors (Lipinski definition) is 2. The third kappa shape index (κ3) is 2.60. The van der Waals surface area contributed by atoms with Crippen molar-refractivity contribution in [2.75, 3.05) is 6.54 Å². The van der Waals surface area contributed by atoms with Gasteiger partial charge in [-0.1, -0.05) is 48.5 Å². The second-order valence-corrected chi connectivity index (χ2v) is 5.41. The van der Waals surface area contributed by atoms with E-state index in [1.54, 1.807) is 6.07 Å². The van der Waals surface area contributed by atoms with E-state index in [2.05, 4.69) is 5.32 Å². The fourth-order valence-electron chi connectivity index (χ4n) is 2.81. The molecule has 4 nitrogen and oxygen atoms in total. The molecule has 1 aliphatic rings. The van der Waals surface area contributed by atoms with Gasteiger partial charge in [-0.3, -0.25) is 9.69 Å². The van der Waals surface area contributed by atoms with Crippen LogP contribution in [0.1, 0.15) is 34.5 Å². The molecule has 0 aromatic heterocycles. The lowest BCUT2D eigenvalue weighted by Crippen LogP contribution is -2.42. The van der Waals surface area contributed by atoms with Crippen molar-refractivity contribution in [2.24, 2.45) is 0 Å². The lowest BCUT2D eigenvalue weighted by molar-refractivity contribution is 0.0790. The first kappa shape index (κ1) is 14.3. The van der Waals surface area contributed by atoms with Crippen LogP contribution in [0.25, 0.3) is 0 Å². The lowest BCUT2D eigenvalue weighted by atomic mass is 10.1. The number of hydrogen-bond donors (Lipinski definition) is 1. The van der Waals surface area contributed by atoms with Gasteiger partial charge in [0.25, 0.3) is 5.91 Å². The molecule has 112 valence electrons. The van der Waals surface area contributed by atoms with Gasteiger partial charge in [-0.2, -0.15) is 0 Å². The number of benzene rings is 2. The van der Waals surface area contributed by atoms with Crippen molar-refractivity contribution in [3.05, 3.63) is 71.3 Å². The molecule has 1 heterocycles. The van der Waals surface area contributed by atoms with Gasteiger partial charge in [0.05, 0.1) is 6.04 Å². The summed E-state index contributed by atoms with van der Waals surface area (Å²) in [6, 6.07) is 16.8. The van der Waals surface area contributed by atoms with Crippen molar-refractivity contribution in [1.82, 2.24) is 10.2 Å². The minimum Gasteiger partial charge on any atom is -0.337 e. The molecule has 1 N–H and O–H groups in total. The fraction of sp³-hybridized carbons (Fsp3) is 0.222. The molecule has 0 aliphatic carbocycles. The molecule has 0 fully saturated rings. The number of nitrogens with zero attached hydrogens (tertiary/aromatic N) is 1. The highest BCUT2D eigenvalue weighted by Crippen LogP contribution is 2.32. The average Bonchev–Trinajstić information content (AvgIpc) is 2.80. The molecule has 2 aromatic carbocycles. The maximum atomic E-state index is 12.3. The second kappa shape index (κ2) is 6.02. The van der Waals surface area contributed by atoms with Crippen molar-refractivity contribution in [3.8, 4) is 0 Å². The number of carbonyl (C=O) groups is 2. The predicted molar refractivity (Wildman–Crippen MR) is 84.6 cm³/mol. The van der Waals surface area contributed by atoms with E-state index in [0.717, 1.165) is 17.5 Å². The molecule has 2 aromatic rings. The Bertz CT molecular complexity index is 697. The zero-order valence-electron chi connectivity index (χ0n) is 12.5. The highest BCUT2D eigenvalue weighted by molar-refractivity contribution is 6.08. The maximum Gasteiger partial charge on any atom is 0.324 e. The summed E-state index contributed by atoms with van der Waals surface area (Å²) in [4.78, 5) is 26.0. The fourth-order valence-corrected chi connectivity index (χ4v) is 2.81. The van der Waals surface area contributed by atoms with Gasteiger partial charge in [-0.15, -0.1) is 0 Å². The molecule has 0 spiro atoms. The summed E-state index contributed by atoms with van der Waals surface area (Å²) >= 11 is 0. The smallest absolute Gasteiger partial charge is 0.324 e. The van der Waals surface area contributed by atoms with Crippen LogP contribution in [0.15, 0.2) is 54.6 Å². The minimum absolute atomic E-state index is 0.222. The zero-order chi connectivity index (χ0) is 15.5. The number of amides is 3. The van der Waals surface area contributed by atoms with Crippen molar-refractivity contribution in [1.29, 1.82) is 0 Å². The van der Waals surface area contributed by atoms with Gasteiger partial charge >= 0.3 is 6.03 Å². The van der Waals surface area contributed by atoms with Crippen molar-refractivity contribution in [3.63, 3.8) is 0 Å². The molecule has 0 saturated carbocycles. The lowest BCUT2D eigenvalue weighted by Gasteiger charge is -2.20. The molecule has 1 unspecified atom stereocenters. The van der Waals surface area contributed by atoms with Gasteiger partial charge in [-0.25, -0.2) is 4.79 Å². The Morgan fingerprint density at radius 1 is 1.09 bits per heavy atom. The molecule has 22 heavy (non-hydrogen) atoms. The standard InChI is InChI=1S/C18H18N2O2/c1-13-15-9-5-6-10-16(15)17(21)20(13)18(22)19-12-11-14-7-3-2-4-8-14/h2-10,13H,11-12H2,1H3,(H,19,22). The van der Waals surface area contributed by atoms with Crippen LogP contribution in [-0.2, 0) is 6.42 Å². The summed E-state index contributed by atoms with van der Waals surface area (Å²) in [6.45, 7) is 2.39. The van der Waals surface area contributed by atoms with Gasteiger partial charge in [0, 0.05) is 12.1 Å². The van der Waals surface area contributed by atoms with E-state index in [4.69, 9.17) is 0 Å². The van der Waals surface area contributed by atoms with E-state index in [-0.39, 0.29) is 18.0 Å². The van der Waals surface area contributed by atoms with Crippen LogP contribution in [0.2, 0.25) is 0 Å². The quantitative estimate of drug-likeness (QED) is 0.945. The molecule has 1 aliphatic heterocycles. The number of rotatable bonds is 3. The van der Waals surface area contributed by atoms with E-state index >= 15 is 0 Å². The highest BCUT2D eigenvalue weighted by Gasteiger charge is 2.37. The Morgan fingerprint density at radius 3 is 2.50 bits per heavy atom. The van der Waals surface area contributed by atoms with Crippen LogP contribution < -0.4 is 5.32 Å². The van der Waals surface area contributed by atoms with Crippen LogP contribution in [0.3, 0.4) is 0 Å². The Labute approximate surface area is 129 Å². The van der Waals surface area contributed by atoms with E-state index < -0.39 is 0 Å². The molecule has 1 atom stereocenters. The van der Waals surface area contributed by atoms with Crippen LogP contribution in [0.4, 0.5) is 4.79 Å².